The molecule has 1 aromatic carbocycles. The van der Waals surface area contributed by atoms with Gasteiger partial charge in [-0.2, -0.15) is 0 Å². The predicted octanol–water partition coefficient (Wildman–Crippen LogP) is 4.25. The Morgan fingerprint density at radius 3 is 2.90 bits per heavy atom. The molecular formula is C15H18ClFN2OS. The van der Waals surface area contributed by atoms with E-state index >= 15 is 0 Å². The minimum absolute atomic E-state index is 0.113. The summed E-state index contributed by atoms with van der Waals surface area (Å²) in [6.45, 7) is 4.32. The van der Waals surface area contributed by atoms with Crippen molar-refractivity contribution in [3.05, 3.63) is 39.6 Å². The summed E-state index contributed by atoms with van der Waals surface area (Å²) in [5, 5.41) is 4.31. The molecule has 0 saturated heterocycles. The Morgan fingerprint density at radius 1 is 1.43 bits per heavy atom. The lowest BCUT2D eigenvalue weighted by molar-refractivity contribution is 0.181. The number of ether oxygens (including phenoxy) is 1. The Morgan fingerprint density at radius 2 is 2.24 bits per heavy atom. The van der Waals surface area contributed by atoms with Gasteiger partial charge in [-0.25, -0.2) is 9.37 Å². The third-order valence-corrected chi connectivity index (χ3v) is 4.37. The third kappa shape index (κ3) is 4.23. The Hall–Kier alpha value is -1.01. The molecule has 0 amide bonds. The molecule has 0 aliphatic carbocycles. The summed E-state index contributed by atoms with van der Waals surface area (Å²) in [6.07, 6.45) is 1.08. The minimum atomic E-state index is -0.418. The average Bonchev–Trinajstić information content (AvgIpc) is 2.86. The van der Waals surface area contributed by atoms with Gasteiger partial charge in [0.05, 0.1) is 17.3 Å². The van der Waals surface area contributed by atoms with Gasteiger partial charge in [-0.15, -0.1) is 11.3 Å². The largest absolute Gasteiger partial charge is 0.378 e. The van der Waals surface area contributed by atoms with E-state index in [9.17, 15) is 4.39 Å². The molecule has 0 radical (unpaired) electrons. The number of rotatable bonds is 7. The molecule has 1 heterocycles. The highest BCUT2D eigenvalue weighted by molar-refractivity contribution is 7.15. The summed E-state index contributed by atoms with van der Waals surface area (Å²) >= 11 is 7.42. The summed E-state index contributed by atoms with van der Waals surface area (Å²) in [6, 6.07) is 4.67. The van der Waals surface area contributed by atoms with Gasteiger partial charge in [0.25, 0.3) is 0 Å². The number of nitrogens with zero attached hydrogens (tertiary/aromatic N) is 1. The van der Waals surface area contributed by atoms with Gasteiger partial charge in [-0.1, -0.05) is 18.5 Å². The number of halogens is 2. The normalized spacial score (nSPS) is 11.0. The van der Waals surface area contributed by atoms with Crippen LogP contribution < -0.4 is 5.32 Å². The highest BCUT2D eigenvalue weighted by Crippen LogP contribution is 2.31. The molecule has 2 aromatic rings. The zero-order chi connectivity index (χ0) is 15.2. The van der Waals surface area contributed by atoms with E-state index in [4.69, 9.17) is 16.3 Å². The maximum atomic E-state index is 13.2. The van der Waals surface area contributed by atoms with Crippen LogP contribution in [0, 0.1) is 5.82 Å². The lowest BCUT2D eigenvalue weighted by Crippen LogP contribution is -2.14. The van der Waals surface area contributed by atoms with Crippen molar-refractivity contribution < 1.29 is 9.13 Å². The standard InChI is InChI=1S/C15H18ClFN2OS/c1-3-6-18-8-14-13(9-20-2)19-15(21-14)10-4-5-12(17)11(16)7-10/h4-5,7,18H,3,6,8-9H2,1-2H3. The van der Waals surface area contributed by atoms with Crippen LogP contribution in [0.2, 0.25) is 5.02 Å². The average molecular weight is 329 g/mol. The summed E-state index contributed by atoms with van der Waals surface area (Å²) in [7, 11) is 1.65. The first-order chi connectivity index (χ1) is 10.2. The maximum absolute atomic E-state index is 13.2. The molecule has 0 aliphatic heterocycles. The van der Waals surface area contributed by atoms with Crippen LogP contribution in [-0.2, 0) is 17.9 Å². The van der Waals surface area contributed by atoms with Crippen LogP contribution in [-0.4, -0.2) is 18.6 Å². The second-order valence-electron chi connectivity index (χ2n) is 4.63. The topological polar surface area (TPSA) is 34.2 Å². The molecular weight excluding hydrogens is 311 g/mol. The van der Waals surface area contributed by atoms with E-state index in [1.807, 2.05) is 0 Å². The quantitative estimate of drug-likeness (QED) is 0.772. The third-order valence-electron chi connectivity index (χ3n) is 2.94. The van der Waals surface area contributed by atoms with Crippen molar-refractivity contribution in [1.82, 2.24) is 10.3 Å². The number of benzene rings is 1. The predicted molar refractivity (Wildman–Crippen MR) is 85.2 cm³/mol. The van der Waals surface area contributed by atoms with Gasteiger partial charge < -0.3 is 10.1 Å². The summed E-state index contributed by atoms with van der Waals surface area (Å²) < 4.78 is 18.4. The lowest BCUT2D eigenvalue weighted by atomic mass is 10.2. The molecule has 0 unspecified atom stereocenters. The highest BCUT2D eigenvalue weighted by atomic mass is 35.5. The molecule has 1 aromatic heterocycles. The van der Waals surface area contributed by atoms with Gasteiger partial charge in [-0.05, 0) is 31.2 Å². The lowest BCUT2D eigenvalue weighted by Gasteiger charge is -2.02. The molecule has 0 saturated carbocycles. The zero-order valence-corrected chi connectivity index (χ0v) is 13.7. The summed E-state index contributed by atoms with van der Waals surface area (Å²) in [5.41, 5.74) is 1.74. The molecule has 0 bridgehead atoms. The van der Waals surface area contributed by atoms with Gasteiger partial charge in [0.15, 0.2) is 0 Å². The molecule has 114 valence electrons. The van der Waals surface area contributed by atoms with Crippen LogP contribution in [0.4, 0.5) is 4.39 Å². The van der Waals surface area contributed by atoms with Crippen molar-refractivity contribution in [3.8, 4) is 10.6 Å². The molecule has 1 N–H and O–H groups in total. The van der Waals surface area contributed by atoms with Crippen molar-refractivity contribution in [2.75, 3.05) is 13.7 Å². The Kier molecular flexibility index (Phi) is 6.11. The second-order valence-corrected chi connectivity index (χ2v) is 6.12. The molecule has 0 atom stereocenters. The van der Waals surface area contributed by atoms with Gasteiger partial charge >= 0.3 is 0 Å². The van der Waals surface area contributed by atoms with Crippen LogP contribution >= 0.6 is 22.9 Å². The number of nitrogens with one attached hydrogen (secondary N) is 1. The van der Waals surface area contributed by atoms with E-state index in [0.29, 0.717) is 6.61 Å². The molecule has 0 fully saturated rings. The second kappa shape index (κ2) is 7.84. The van der Waals surface area contributed by atoms with Crippen molar-refractivity contribution in [3.63, 3.8) is 0 Å². The minimum Gasteiger partial charge on any atom is -0.378 e. The number of hydrogen-bond donors (Lipinski definition) is 1. The summed E-state index contributed by atoms with van der Waals surface area (Å²) in [5.74, 6) is -0.418. The first-order valence-electron chi connectivity index (χ1n) is 6.79. The van der Waals surface area contributed by atoms with E-state index < -0.39 is 5.82 Å². The van der Waals surface area contributed by atoms with E-state index in [-0.39, 0.29) is 5.02 Å². The van der Waals surface area contributed by atoms with Crippen molar-refractivity contribution in [1.29, 1.82) is 0 Å². The zero-order valence-electron chi connectivity index (χ0n) is 12.1. The molecule has 6 heteroatoms. The van der Waals surface area contributed by atoms with Gasteiger partial charge in [0, 0.05) is 24.1 Å². The van der Waals surface area contributed by atoms with Gasteiger partial charge in [0.2, 0.25) is 0 Å². The fourth-order valence-corrected chi connectivity index (χ4v) is 3.11. The van der Waals surface area contributed by atoms with Crippen LogP contribution in [0.15, 0.2) is 18.2 Å². The Bertz CT molecular complexity index is 603. The van der Waals surface area contributed by atoms with Crippen LogP contribution in [0.1, 0.15) is 23.9 Å². The number of methoxy groups -OCH3 is 1. The van der Waals surface area contributed by atoms with E-state index in [2.05, 4.69) is 17.2 Å². The maximum Gasteiger partial charge on any atom is 0.141 e. The number of aromatic nitrogens is 1. The molecule has 2 rings (SSSR count). The highest BCUT2D eigenvalue weighted by Gasteiger charge is 2.13. The van der Waals surface area contributed by atoms with Gasteiger partial charge in [-0.3, -0.25) is 0 Å². The van der Waals surface area contributed by atoms with Crippen LogP contribution in [0.3, 0.4) is 0 Å². The smallest absolute Gasteiger partial charge is 0.141 e. The molecule has 0 spiro atoms. The molecule has 21 heavy (non-hydrogen) atoms. The van der Waals surface area contributed by atoms with Crippen molar-refractivity contribution >= 4 is 22.9 Å². The fraction of sp³-hybridized carbons (Fsp3) is 0.400. The monoisotopic (exact) mass is 328 g/mol. The fourth-order valence-electron chi connectivity index (χ4n) is 1.90. The van der Waals surface area contributed by atoms with Crippen molar-refractivity contribution in [2.24, 2.45) is 0 Å². The Labute approximate surface area is 133 Å². The number of hydrogen-bond acceptors (Lipinski definition) is 4. The first-order valence-corrected chi connectivity index (χ1v) is 7.98. The van der Waals surface area contributed by atoms with E-state index in [1.165, 1.54) is 6.07 Å². The molecule has 0 aliphatic rings. The SMILES string of the molecule is CCCNCc1sc(-c2ccc(F)c(Cl)c2)nc1COC. The molecule has 3 nitrogen and oxygen atoms in total. The first kappa shape index (κ1) is 16.4. The van der Waals surface area contributed by atoms with E-state index in [1.54, 1.807) is 30.6 Å². The van der Waals surface area contributed by atoms with E-state index in [0.717, 1.165) is 40.7 Å². The van der Waals surface area contributed by atoms with Crippen molar-refractivity contribution in [2.45, 2.75) is 26.5 Å². The van der Waals surface area contributed by atoms with Crippen LogP contribution in [0.25, 0.3) is 10.6 Å². The van der Waals surface area contributed by atoms with Gasteiger partial charge in [0.1, 0.15) is 10.8 Å². The van der Waals surface area contributed by atoms with Crippen LogP contribution in [0.5, 0.6) is 0 Å². The number of thiazole rings is 1. The Balaban J connectivity index is 2.26. The summed E-state index contributed by atoms with van der Waals surface area (Å²) in [4.78, 5) is 5.73.